The highest BCUT2D eigenvalue weighted by atomic mass is 19.4. The molecule has 0 bridgehead atoms. The van der Waals surface area contributed by atoms with E-state index in [1.54, 1.807) is 0 Å². The SMILES string of the molecule is NC(=NO)c1ccc(OCC(=O)NCCC(F)(F)F)cc1. The van der Waals surface area contributed by atoms with E-state index in [0.29, 0.717) is 11.3 Å². The summed E-state index contributed by atoms with van der Waals surface area (Å²) in [5, 5.41) is 13.4. The van der Waals surface area contributed by atoms with Crippen LogP contribution in [-0.2, 0) is 4.79 Å². The fourth-order valence-corrected chi connectivity index (χ4v) is 1.32. The number of amidine groups is 1. The fraction of sp³-hybridized carbons (Fsp3) is 0.333. The lowest BCUT2D eigenvalue weighted by molar-refractivity contribution is -0.136. The van der Waals surface area contributed by atoms with Crippen molar-refractivity contribution >= 4 is 11.7 Å². The van der Waals surface area contributed by atoms with Gasteiger partial charge in [-0.2, -0.15) is 13.2 Å². The average Bonchev–Trinajstić information content (AvgIpc) is 2.43. The third-order valence-corrected chi connectivity index (χ3v) is 2.36. The van der Waals surface area contributed by atoms with E-state index in [0.717, 1.165) is 0 Å². The van der Waals surface area contributed by atoms with Gasteiger partial charge in [-0.05, 0) is 24.3 Å². The number of amides is 1. The van der Waals surface area contributed by atoms with Gasteiger partial charge in [-0.1, -0.05) is 5.16 Å². The van der Waals surface area contributed by atoms with Gasteiger partial charge in [0, 0.05) is 12.1 Å². The zero-order valence-electron chi connectivity index (χ0n) is 10.9. The summed E-state index contributed by atoms with van der Waals surface area (Å²) in [6.07, 6.45) is -5.40. The summed E-state index contributed by atoms with van der Waals surface area (Å²) in [6.45, 7) is -0.894. The Labute approximate surface area is 118 Å². The summed E-state index contributed by atoms with van der Waals surface area (Å²) in [4.78, 5) is 11.2. The zero-order chi connectivity index (χ0) is 15.9. The number of nitrogens with zero attached hydrogens (tertiary/aromatic N) is 1. The Morgan fingerprint density at radius 3 is 2.48 bits per heavy atom. The number of carbonyl (C=O) groups is 1. The van der Waals surface area contributed by atoms with E-state index in [1.807, 2.05) is 0 Å². The van der Waals surface area contributed by atoms with Gasteiger partial charge >= 0.3 is 6.18 Å². The number of ether oxygens (including phenoxy) is 1. The van der Waals surface area contributed by atoms with E-state index in [1.165, 1.54) is 24.3 Å². The molecule has 1 aromatic carbocycles. The molecule has 4 N–H and O–H groups in total. The molecule has 9 heteroatoms. The first-order valence-electron chi connectivity index (χ1n) is 5.86. The van der Waals surface area contributed by atoms with Crippen LogP contribution in [0.4, 0.5) is 13.2 Å². The lowest BCUT2D eigenvalue weighted by Gasteiger charge is -2.09. The van der Waals surface area contributed by atoms with Crippen molar-refractivity contribution in [2.45, 2.75) is 12.6 Å². The van der Waals surface area contributed by atoms with Crippen LogP contribution in [0.5, 0.6) is 5.75 Å². The zero-order valence-corrected chi connectivity index (χ0v) is 10.9. The summed E-state index contributed by atoms with van der Waals surface area (Å²) >= 11 is 0. The lowest BCUT2D eigenvalue weighted by Crippen LogP contribution is -2.31. The van der Waals surface area contributed by atoms with Crippen molar-refractivity contribution in [2.24, 2.45) is 10.9 Å². The summed E-state index contributed by atoms with van der Waals surface area (Å²) in [6, 6.07) is 5.98. The quantitative estimate of drug-likeness (QED) is 0.319. The highest BCUT2D eigenvalue weighted by Crippen LogP contribution is 2.18. The number of oxime groups is 1. The Bertz CT molecular complexity index is 501. The summed E-state index contributed by atoms with van der Waals surface area (Å²) in [5.41, 5.74) is 5.82. The van der Waals surface area contributed by atoms with Gasteiger partial charge in [-0.15, -0.1) is 0 Å². The Balaban J connectivity index is 2.36. The van der Waals surface area contributed by atoms with Crippen molar-refractivity contribution in [1.29, 1.82) is 0 Å². The number of carbonyl (C=O) groups excluding carboxylic acids is 1. The van der Waals surface area contributed by atoms with Crippen LogP contribution < -0.4 is 15.8 Å². The van der Waals surface area contributed by atoms with E-state index < -0.39 is 31.7 Å². The van der Waals surface area contributed by atoms with Gasteiger partial charge in [-0.25, -0.2) is 0 Å². The molecule has 0 radical (unpaired) electrons. The highest BCUT2D eigenvalue weighted by molar-refractivity contribution is 5.97. The van der Waals surface area contributed by atoms with Crippen LogP contribution in [0.2, 0.25) is 0 Å². The van der Waals surface area contributed by atoms with Crippen molar-refractivity contribution in [3.63, 3.8) is 0 Å². The van der Waals surface area contributed by atoms with Gasteiger partial charge in [0.05, 0.1) is 6.42 Å². The molecule has 1 aromatic rings. The van der Waals surface area contributed by atoms with Gasteiger partial charge in [0.2, 0.25) is 0 Å². The Morgan fingerprint density at radius 2 is 1.95 bits per heavy atom. The number of hydrogen-bond donors (Lipinski definition) is 3. The molecule has 0 aliphatic rings. The normalized spacial score (nSPS) is 12.0. The van der Waals surface area contributed by atoms with Crippen molar-refractivity contribution < 1.29 is 27.9 Å². The van der Waals surface area contributed by atoms with Crippen LogP contribution in [0.3, 0.4) is 0 Å². The van der Waals surface area contributed by atoms with Gasteiger partial charge in [0.25, 0.3) is 5.91 Å². The standard InChI is InChI=1S/C12H14F3N3O3/c13-12(14,15)5-6-17-10(19)7-21-9-3-1-8(2-4-9)11(16)18-20/h1-4,20H,5-7H2,(H2,16,18)(H,17,19). The van der Waals surface area contributed by atoms with Crippen LogP contribution in [0.25, 0.3) is 0 Å². The number of rotatable bonds is 6. The Kier molecular flexibility index (Phi) is 5.82. The third kappa shape index (κ3) is 6.50. The molecule has 0 aliphatic carbocycles. The van der Waals surface area contributed by atoms with Gasteiger partial charge in [0.15, 0.2) is 12.4 Å². The molecule has 0 saturated heterocycles. The maximum atomic E-state index is 11.9. The number of benzene rings is 1. The molecule has 21 heavy (non-hydrogen) atoms. The van der Waals surface area contributed by atoms with Crippen molar-refractivity contribution in [3.8, 4) is 5.75 Å². The molecule has 0 heterocycles. The van der Waals surface area contributed by atoms with E-state index >= 15 is 0 Å². The summed E-state index contributed by atoms with van der Waals surface area (Å²) in [5.74, 6) is -0.401. The van der Waals surface area contributed by atoms with Crippen LogP contribution >= 0.6 is 0 Å². The fourth-order valence-electron chi connectivity index (χ4n) is 1.32. The smallest absolute Gasteiger partial charge is 0.390 e. The monoisotopic (exact) mass is 305 g/mol. The number of nitrogens with two attached hydrogens (primary N) is 1. The molecule has 1 rings (SSSR count). The molecular weight excluding hydrogens is 291 g/mol. The minimum Gasteiger partial charge on any atom is -0.484 e. The first-order valence-corrected chi connectivity index (χ1v) is 5.86. The second kappa shape index (κ2) is 7.36. The topological polar surface area (TPSA) is 96.9 Å². The van der Waals surface area contributed by atoms with E-state index in [-0.39, 0.29) is 5.84 Å². The largest absolute Gasteiger partial charge is 0.484 e. The first-order chi connectivity index (χ1) is 9.81. The van der Waals surface area contributed by atoms with Crippen molar-refractivity contribution in [3.05, 3.63) is 29.8 Å². The molecule has 0 atom stereocenters. The maximum Gasteiger partial charge on any atom is 0.390 e. The molecule has 116 valence electrons. The molecule has 0 spiro atoms. The molecular formula is C12H14F3N3O3. The predicted molar refractivity (Wildman–Crippen MR) is 68.1 cm³/mol. The molecule has 0 aromatic heterocycles. The highest BCUT2D eigenvalue weighted by Gasteiger charge is 2.26. The minimum absolute atomic E-state index is 0.0774. The number of nitrogens with one attached hydrogen (secondary N) is 1. The van der Waals surface area contributed by atoms with E-state index in [4.69, 9.17) is 15.7 Å². The first kappa shape index (κ1) is 16.6. The second-order valence-electron chi connectivity index (χ2n) is 4.01. The van der Waals surface area contributed by atoms with Crippen LogP contribution in [-0.4, -0.2) is 36.3 Å². The number of hydrogen-bond acceptors (Lipinski definition) is 4. The number of alkyl halides is 3. The van der Waals surface area contributed by atoms with E-state index in [9.17, 15) is 18.0 Å². The van der Waals surface area contributed by atoms with Crippen molar-refractivity contribution in [1.82, 2.24) is 5.32 Å². The van der Waals surface area contributed by atoms with Gasteiger partial charge in [0.1, 0.15) is 5.75 Å². The van der Waals surface area contributed by atoms with Crippen molar-refractivity contribution in [2.75, 3.05) is 13.2 Å². The molecule has 0 fully saturated rings. The van der Waals surface area contributed by atoms with Crippen LogP contribution in [0.15, 0.2) is 29.4 Å². The summed E-state index contributed by atoms with van der Waals surface area (Å²) in [7, 11) is 0. The van der Waals surface area contributed by atoms with E-state index in [2.05, 4.69) is 10.5 Å². The molecule has 0 saturated carbocycles. The molecule has 0 unspecified atom stereocenters. The second-order valence-corrected chi connectivity index (χ2v) is 4.01. The minimum atomic E-state index is -4.31. The maximum absolute atomic E-state index is 11.9. The van der Waals surface area contributed by atoms with Crippen LogP contribution in [0.1, 0.15) is 12.0 Å². The summed E-state index contributed by atoms with van der Waals surface area (Å²) < 4.78 is 40.7. The molecule has 6 nitrogen and oxygen atoms in total. The third-order valence-electron chi connectivity index (χ3n) is 2.36. The number of halogens is 3. The predicted octanol–water partition coefficient (Wildman–Crippen LogP) is 1.23. The van der Waals surface area contributed by atoms with Gasteiger partial charge < -0.3 is 21.0 Å². The lowest BCUT2D eigenvalue weighted by atomic mass is 10.2. The average molecular weight is 305 g/mol. The Hall–Kier alpha value is -2.45. The van der Waals surface area contributed by atoms with Gasteiger partial charge in [-0.3, -0.25) is 4.79 Å². The molecule has 1 amide bonds. The Morgan fingerprint density at radius 1 is 1.33 bits per heavy atom. The van der Waals surface area contributed by atoms with Crippen LogP contribution in [0, 0.1) is 0 Å². The molecule has 0 aliphatic heterocycles.